The molecule has 1 aromatic carbocycles. The van der Waals surface area contributed by atoms with Crippen LogP contribution in [0, 0.1) is 5.92 Å². The van der Waals surface area contributed by atoms with Crippen LogP contribution >= 0.6 is 0 Å². The highest BCUT2D eigenvalue weighted by molar-refractivity contribution is 5.88. The molecular formula is C16H22N2O2. The molecule has 4 nitrogen and oxygen atoms in total. The van der Waals surface area contributed by atoms with Crippen molar-refractivity contribution in [2.24, 2.45) is 5.92 Å². The SMILES string of the molecule is CC(C)[C@H](NC(=O)Cc1ccccc1)C(=O)NC1CC1. The van der Waals surface area contributed by atoms with Gasteiger partial charge in [0, 0.05) is 6.04 Å². The van der Waals surface area contributed by atoms with E-state index in [2.05, 4.69) is 10.6 Å². The van der Waals surface area contributed by atoms with Crippen LogP contribution in [0.1, 0.15) is 32.3 Å². The molecule has 0 unspecified atom stereocenters. The van der Waals surface area contributed by atoms with Crippen LogP contribution in [0.2, 0.25) is 0 Å². The van der Waals surface area contributed by atoms with Gasteiger partial charge in [0.1, 0.15) is 6.04 Å². The Hall–Kier alpha value is -1.84. The zero-order valence-corrected chi connectivity index (χ0v) is 12.1. The number of hydrogen-bond acceptors (Lipinski definition) is 2. The maximum absolute atomic E-state index is 12.1. The van der Waals surface area contributed by atoms with E-state index in [9.17, 15) is 9.59 Å². The molecule has 0 aromatic heterocycles. The molecule has 0 spiro atoms. The van der Waals surface area contributed by atoms with E-state index in [0.717, 1.165) is 18.4 Å². The van der Waals surface area contributed by atoms with E-state index in [4.69, 9.17) is 0 Å². The van der Waals surface area contributed by atoms with E-state index < -0.39 is 6.04 Å². The zero-order valence-electron chi connectivity index (χ0n) is 12.1. The van der Waals surface area contributed by atoms with Crippen LogP contribution in [0.25, 0.3) is 0 Å². The van der Waals surface area contributed by atoms with Crippen LogP contribution in [-0.4, -0.2) is 23.9 Å². The van der Waals surface area contributed by atoms with E-state index in [0.29, 0.717) is 12.5 Å². The van der Waals surface area contributed by atoms with Gasteiger partial charge in [-0.1, -0.05) is 44.2 Å². The highest BCUT2D eigenvalue weighted by Crippen LogP contribution is 2.19. The Morgan fingerprint density at radius 3 is 2.40 bits per heavy atom. The first-order valence-electron chi connectivity index (χ1n) is 7.20. The van der Waals surface area contributed by atoms with E-state index in [1.165, 1.54) is 0 Å². The summed E-state index contributed by atoms with van der Waals surface area (Å²) in [5.41, 5.74) is 0.954. The first-order valence-corrected chi connectivity index (χ1v) is 7.20. The van der Waals surface area contributed by atoms with Crippen molar-refractivity contribution in [3.05, 3.63) is 35.9 Å². The van der Waals surface area contributed by atoms with E-state index in [-0.39, 0.29) is 17.7 Å². The molecule has 20 heavy (non-hydrogen) atoms. The normalized spacial score (nSPS) is 15.8. The second kappa shape index (κ2) is 6.55. The Balaban J connectivity index is 1.89. The molecule has 4 heteroatoms. The van der Waals surface area contributed by atoms with Crippen molar-refractivity contribution in [2.45, 2.75) is 45.2 Å². The monoisotopic (exact) mass is 274 g/mol. The second-order valence-electron chi connectivity index (χ2n) is 5.73. The molecule has 108 valence electrons. The number of hydrogen-bond donors (Lipinski definition) is 2. The summed E-state index contributed by atoms with van der Waals surface area (Å²) in [4.78, 5) is 24.1. The molecule has 2 amide bonds. The molecule has 1 saturated carbocycles. The van der Waals surface area contributed by atoms with Crippen molar-refractivity contribution in [2.75, 3.05) is 0 Å². The molecule has 1 aliphatic rings. The molecule has 0 bridgehead atoms. The topological polar surface area (TPSA) is 58.2 Å². The minimum atomic E-state index is -0.452. The summed E-state index contributed by atoms with van der Waals surface area (Å²) >= 11 is 0. The van der Waals surface area contributed by atoms with Crippen molar-refractivity contribution in [1.29, 1.82) is 0 Å². The lowest BCUT2D eigenvalue weighted by Gasteiger charge is -2.21. The van der Waals surface area contributed by atoms with Crippen LogP contribution in [0.3, 0.4) is 0 Å². The predicted octanol–water partition coefficient (Wildman–Crippen LogP) is 1.65. The van der Waals surface area contributed by atoms with E-state index >= 15 is 0 Å². The Labute approximate surface area is 119 Å². The average Bonchev–Trinajstić information content (AvgIpc) is 3.20. The summed E-state index contributed by atoms with van der Waals surface area (Å²) in [6.07, 6.45) is 2.41. The predicted molar refractivity (Wildman–Crippen MR) is 78.1 cm³/mol. The quantitative estimate of drug-likeness (QED) is 0.828. The largest absolute Gasteiger partial charge is 0.352 e. The van der Waals surface area contributed by atoms with Gasteiger partial charge in [-0.2, -0.15) is 0 Å². The van der Waals surface area contributed by atoms with Crippen LogP contribution < -0.4 is 10.6 Å². The van der Waals surface area contributed by atoms with Gasteiger partial charge in [0.2, 0.25) is 11.8 Å². The molecule has 0 saturated heterocycles. The smallest absolute Gasteiger partial charge is 0.243 e. The minimum Gasteiger partial charge on any atom is -0.352 e. The van der Waals surface area contributed by atoms with Crippen LogP contribution in [0.5, 0.6) is 0 Å². The number of carbonyl (C=O) groups excluding carboxylic acids is 2. The van der Waals surface area contributed by atoms with Crippen molar-refractivity contribution < 1.29 is 9.59 Å². The zero-order chi connectivity index (χ0) is 14.5. The molecule has 2 rings (SSSR count). The molecule has 1 aliphatic carbocycles. The third-order valence-electron chi connectivity index (χ3n) is 3.40. The lowest BCUT2D eigenvalue weighted by Crippen LogP contribution is -2.50. The van der Waals surface area contributed by atoms with E-state index in [1.54, 1.807) is 0 Å². The fourth-order valence-corrected chi connectivity index (χ4v) is 2.06. The van der Waals surface area contributed by atoms with Gasteiger partial charge in [0.25, 0.3) is 0 Å². The lowest BCUT2D eigenvalue weighted by molar-refractivity contribution is -0.129. The number of carbonyl (C=O) groups is 2. The molecule has 1 aromatic rings. The van der Waals surface area contributed by atoms with Gasteiger partial charge in [-0.3, -0.25) is 9.59 Å². The Morgan fingerprint density at radius 2 is 1.85 bits per heavy atom. The summed E-state index contributed by atoms with van der Waals surface area (Å²) in [7, 11) is 0. The van der Waals surface area contributed by atoms with Crippen molar-refractivity contribution in [1.82, 2.24) is 10.6 Å². The number of benzene rings is 1. The van der Waals surface area contributed by atoms with E-state index in [1.807, 2.05) is 44.2 Å². The number of nitrogens with one attached hydrogen (secondary N) is 2. The molecular weight excluding hydrogens is 252 g/mol. The summed E-state index contributed by atoms with van der Waals surface area (Å²) in [5.74, 6) is -0.0989. The summed E-state index contributed by atoms with van der Waals surface area (Å²) in [5, 5.41) is 5.80. The minimum absolute atomic E-state index is 0.0658. The van der Waals surface area contributed by atoms with Gasteiger partial charge in [-0.25, -0.2) is 0 Å². The van der Waals surface area contributed by atoms with Crippen molar-refractivity contribution in [3.8, 4) is 0 Å². The first-order chi connectivity index (χ1) is 9.56. The van der Waals surface area contributed by atoms with Crippen LogP contribution in [0.15, 0.2) is 30.3 Å². The molecule has 0 radical (unpaired) electrons. The first kappa shape index (κ1) is 14.6. The lowest BCUT2D eigenvalue weighted by atomic mass is 10.0. The molecule has 2 N–H and O–H groups in total. The van der Waals surface area contributed by atoms with Gasteiger partial charge < -0.3 is 10.6 Å². The van der Waals surface area contributed by atoms with Gasteiger partial charge >= 0.3 is 0 Å². The third kappa shape index (κ3) is 4.37. The second-order valence-corrected chi connectivity index (χ2v) is 5.73. The highest BCUT2D eigenvalue weighted by Gasteiger charge is 2.29. The number of amides is 2. The Kier molecular flexibility index (Phi) is 4.77. The third-order valence-corrected chi connectivity index (χ3v) is 3.40. The van der Waals surface area contributed by atoms with Gasteiger partial charge in [-0.05, 0) is 24.3 Å². The highest BCUT2D eigenvalue weighted by atomic mass is 16.2. The maximum atomic E-state index is 12.1. The fraction of sp³-hybridized carbons (Fsp3) is 0.500. The molecule has 1 atom stereocenters. The molecule has 0 aliphatic heterocycles. The Morgan fingerprint density at radius 1 is 1.20 bits per heavy atom. The number of rotatable bonds is 6. The maximum Gasteiger partial charge on any atom is 0.243 e. The summed E-state index contributed by atoms with van der Waals surface area (Å²) < 4.78 is 0. The molecule has 0 heterocycles. The van der Waals surface area contributed by atoms with Crippen molar-refractivity contribution in [3.63, 3.8) is 0 Å². The standard InChI is InChI=1S/C16H22N2O2/c1-11(2)15(16(20)17-13-8-9-13)18-14(19)10-12-6-4-3-5-7-12/h3-7,11,13,15H,8-10H2,1-2H3,(H,17,20)(H,18,19)/t15-/m0/s1. The summed E-state index contributed by atoms with van der Waals surface area (Å²) in [6.45, 7) is 3.89. The van der Waals surface area contributed by atoms with Crippen LogP contribution in [-0.2, 0) is 16.0 Å². The van der Waals surface area contributed by atoms with Crippen molar-refractivity contribution >= 4 is 11.8 Å². The fourth-order valence-electron chi connectivity index (χ4n) is 2.06. The van der Waals surface area contributed by atoms with Gasteiger partial charge in [-0.15, -0.1) is 0 Å². The Bertz CT molecular complexity index is 467. The average molecular weight is 274 g/mol. The summed E-state index contributed by atoms with van der Waals surface area (Å²) in [6, 6.07) is 9.41. The molecule has 1 fully saturated rings. The van der Waals surface area contributed by atoms with Gasteiger partial charge in [0.05, 0.1) is 6.42 Å². The van der Waals surface area contributed by atoms with Crippen LogP contribution in [0.4, 0.5) is 0 Å². The van der Waals surface area contributed by atoms with Gasteiger partial charge in [0.15, 0.2) is 0 Å².